The zero-order valence-electron chi connectivity index (χ0n) is 4.68. The van der Waals surface area contributed by atoms with E-state index in [4.69, 9.17) is 11.0 Å². The smallest absolute Gasteiger partial charge is 0.0951 e. The van der Waals surface area contributed by atoms with Gasteiger partial charge in [-0.15, -0.1) is 0 Å². The van der Waals surface area contributed by atoms with Crippen molar-refractivity contribution in [2.75, 3.05) is 0 Å². The molecule has 0 rings (SSSR count). The summed E-state index contributed by atoms with van der Waals surface area (Å²) in [4.78, 5) is 0. The van der Waals surface area contributed by atoms with Crippen molar-refractivity contribution in [1.82, 2.24) is 0 Å². The number of nitrogens with two attached hydrogens (primary N) is 1. The lowest BCUT2D eigenvalue weighted by Crippen LogP contribution is -2.23. The maximum Gasteiger partial charge on any atom is 0.0951 e. The molecular weight excluding hydrogens is 88.1 g/mol. The van der Waals surface area contributed by atoms with Gasteiger partial charge in [-0.3, -0.25) is 0 Å². The minimum atomic E-state index is -0.292. The van der Waals surface area contributed by atoms with E-state index in [-0.39, 0.29) is 12.0 Å². The van der Waals surface area contributed by atoms with Gasteiger partial charge < -0.3 is 5.73 Å². The third-order valence-corrected chi connectivity index (χ3v) is 0.867. The first-order chi connectivity index (χ1) is 3.18. The van der Waals surface area contributed by atoms with E-state index in [0.717, 1.165) is 0 Å². The van der Waals surface area contributed by atoms with Gasteiger partial charge in [-0.2, -0.15) is 5.26 Å². The molecule has 0 amide bonds. The van der Waals surface area contributed by atoms with Crippen LogP contribution >= 0.6 is 0 Å². The monoisotopic (exact) mass is 98.1 g/mol. The first kappa shape index (κ1) is 6.45. The molecule has 0 aliphatic rings. The average Bonchev–Trinajstić information content (AvgIpc) is 1.65. The summed E-state index contributed by atoms with van der Waals surface area (Å²) in [5.74, 6) is 0.282. The Morgan fingerprint density at radius 3 is 2.00 bits per heavy atom. The molecule has 0 aliphatic carbocycles. The molecule has 7 heavy (non-hydrogen) atoms. The average molecular weight is 98.1 g/mol. The van der Waals surface area contributed by atoms with E-state index in [9.17, 15) is 0 Å². The van der Waals surface area contributed by atoms with Crippen molar-refractivity contribution >= 4 is 0 Å². The minimum absolute atomic E-state index is 0.282. The molecule has 1 atom stereocenters. The summed E-state index contributed by atoms with van der Waals surface area (Å²) in [6.07, 6.45) is 0. The van der Waals surface area contributed by atoms with Gasteiger partial charge in [0.25, 0.3) is 0 Å². The predicted molar refractivity (Wildman–Crippen MR) is 28.4 cm³/mol. The molecule has 0 aromatic heterocycles. The molecule has 40 valence electrons. The van der Waals surface area contributed by atoms with Gasteiger partial charge in [0.1, 0.15) is 0 Å². The summed E-state index contributed by atoms with van der Waals surface area (Å²) in [6, 6.07) is 1.65. The molecule has 0 aromatic rings. The van der Waals surface area contributed by atoms with Crippen LogP contribution in [0, 0.1) is 17.2 Å². The minimum Gasteiger partial charge on any atom is -0.316 e. The fraction of sp³-hybridized carbons (Fsp3) is 0.800. The molecule has 2 heteroatoms. The summed E-state index contributed by atoms with van der Waals surface area (Å²) in [5.41, 5.74) is 5.25. The molecule has 2 nitrogen and oxygen atoms in total. The van der Waals surface area contributed by atoms with Gasteiger partial charge in [0.15, 0.2) is 0 Å². The SMILES string of the molecule is CC(C)[C@H](N)C#N. The van der Waals surface area contributed by atoms with Crippen LogP contribution < -0.4 is 5.73 Å². The number of hydrogen-bond donors (Lipinski definition) is 1. The van der Waals surface area contributed by atoms with Crippen molar-refractivity contribution in [3.8, 4) is 6.07 Å². The standard InChI is InChI=1S/C5H10N2/c1-4(2)5(7)3-6/h4-5H,7H2,1-2H3/t5-/m1/s1. The second kappa shape index (κ2) is 2.59. The topological polar surface area (TPSA) is 49.8 Å². The number of hydrogen-bond acceptors (Lipinski definition) is 2. The van der Waals surface area contributed by atoms with Gasteiger partial charge in [0.2, 0.25) is 0 Å². The number of nitriles is 1. The third kappa shape index (κ3) is 2.18. The van der Waals surface area contributed by atoms with Gasteiger partial charge in [-0.1, -0.05) is 13.8 Å². The molecule has 0 bridgehead atoms. The predicted octanol–water partition coefficient (Wildman–Crippen LogP) is 0.493. The van der Waals surface area contributed by atoms with Crippen LogP contribution in [-0.2, 0) is 0 Å². The summed E-state index contributed by atoms with van der Waals surface area (Å²) in [6.45, 7) is 3.85. The van der Waals surface area contributed by atoms with Crippen molar-refractivity contribution in [2.24, 2.45) is 11.7 Å². The van der Waals surface area contributed by atoms with Gasteiger partial charge in [0, 0.05) is 0 Å². The van der Waals surface area contributed by atoms with Crippen LogP contribution in [0.15, 0.2) is 0 Å². The van der Waals surface area contributed by atoms with E-state index in [1.807, 2.05) is 19.9 Å². The molecular formula is C5H10N2. The lowest BCUT2D eigenvalue weighted by Gasteiger charge is -2.02. The second-order valence-corrected chi connectivity index (χ2v) is 1.90. The Labute approximate surface area is 43.9 Å². The molecule has 0 saturated heterocycles. The van der Waals surface area contributed by atoms with Gasteiger partial charge in [-0.25, -0.2) is 0 Å². The Hall–Kier alpha value is -0.550. The van der Waals surface area contributed by atoms with Crippen LogP contribution in [0.2, 0.25) is 0 Å². The van der Waals surface area contributed by atoms with Crippen molar-refractivity contribution in [1.29, 1.82) is 5.26 Å². The first-order valence-electron chi connectivity index (χ1n) is 2.33. The Balaban J connectivity index is 3.40. The quantitative estimate of drug-likeness (QED) is 0.519. The largest absolute Gasteiger partial charge is 0.316 e. The lowest BCUT2D eigenvalue weighted by molar-refractivity contribution is 0.580. The van der Waals surface area contributed by atoms with Crippen LogP contribution in [0.25, 0.3) is 0 Å². The van der Waals surface area contributed by atoms with E-state index in [2.05, 4.69) is 0 Å². The van der Waals surface area contributed by atoms with Crippen LogP contribution in [0.5, 0.6) is 0 Å². The van der Waals surface area contributed by atoms with E-state index >= 15 is 0 Å². The molecule has 0 aliphatic heterocycles. The molecule has 0 radical (unpaired) electrons. The van der Waals surface area contributed by atoms with Crippen molar-refractivity contribution in [3.05, 3.63) is 0 Å². The van der Waals surface area contributed by atoms with Crippen LogP contribution in [-0.4, -0.2) is 6.04 Å². The Morgan fingerprint density at radius 2 is 2.00 bits per heavy atom. The van der Waals surface area contributed by atoms with Gasteiger partial charge in [0.05, 0.1) is 12.1 Å². The Morgan fingerprint density at radius 1 is 1.57 bits per heavy atom. The normalized spacial score (nSPS) is 13.6. The first-order valence-corrected chi connectivity index (χ1v) is 2.33. The van der Waals surface area contributed by atoms with Crippen LogP contribution in [0.1, 0.15) is 13.8 Å². The summed E-state index contributed by atoms with van der Waals surface area (Å²) < 4.78 is 0. The van der Waals surface area contributed by atoms with E-state index in [1.54, 1.807) is 0 Å². The highest BCUT2D eigenvalue weighted by Crippen LogP contribution is 1.93. The molecule has 0 saturated carbocycles. The number of nitrogens with zero attached hydrogens (tertiary/aromatic N) is 1. The third-order valence-electron chi connectivity index (χ3n) is 0.867. The van der Waals surface area contributed by atoms with Crippen LogP contribution in [0.3, 0.4) is 0 Å². The fourth-order valence-corrected chi connectivity index (χ4v) is 0.149. The molecule has 0 unspecified atom stereocenters. The Kier molecular flexibility index (Phi) is 2.39. The Bertz CT molecular complexity index is 80.6. The zero-order chi connectivity index (χ0) is 5.86. The molecule has 0 heterocycles. The van der Waals surface area contributed by atoms with Crippen molar-refractivity contribution < 1.29 is 0 Å². The van der Waals surface area contributed by atoms with Crippen molar-refractivity contribution in [2.45, 2.75) is 19.9 Å². The van der Waals surface area contributed by atoms with Crippen LogP contribution in [0.4, 0.5) is 0 Å². The fourth-order valence-electron chi connectivity index (χ4n) is 0.149. The molecule has 0 spiro atoms. The lowest BCUT2D eigenvalue weighted by atomic mass is 10.1. The highest BCUT2D eigenvalue weighted by Gasteiger charge is 2.02. The maximum absolute atomic E-state index is 8.13. The summed E-state index contributed by atoms with van der Waals surface area (Å²) >= 11 is 0. The zero-order valence-corrected chi connectivity index (χ0v) is 4.68. The highest BCUT2D eigenvalue weighted by atomic mass is 14.6. The number of rotatable bonds is 1. The summed E-state index contributed by atoms with van der Waals surface area (Å²) in [5, 5.41) is 8.13. The van der Waals surface area contributed by atoms with E-state index < -0.39 is 0 Å². The second-order valence-electron chi connectivity index (χ2n) is 1.90. The van der Waals surface area contributed by atoms with Gasteiger partial charge >= 0.3 is 0 Å². The van der Waals surface area contributed by atoms with E-state index in [0.29, 0.717) is 0 Å². The van der Waals surface area contributed by atoms with Gasteiger partial charge in [-0.05, 0) is 5.92 Å². The van der Waals surface area contributed by atoms with Crippen molar-refractivity contribution in [3.63, 3.8) is 0 Å². The molecule has 0 fully saturated rings. The van der Waals surface area contributed by atoms with E-state index in [1.165, 1.54) is 0 Å². The molecule has 2 N–H and O–H groups in total. The maximum atomic E-state index is 8.13. The highest BCUT2D eigenvalue weighted by molar-refractivity contribution is 4.88. The summed E-state index contributed by atoms with van der Waals surface area (Å²) in [7, 11) is 0. The molecule has 0 aromatic carbocycles.